The fraction of sp³-hybridized carbons (Fsp3) is 1.00. The summed E-state index contributed by atoms with van der Waals surface area (Å²) >= 11 is 0. The van der Waals surface area contributed by atoms with E-state index in [0.717, 1.165) is 23.8 Å². The van der Waals surface area contributed by atoms with Crippen LogP contribution in [0.15, 0.2) is 0 Å². The Labute approximate surface area is 72.1 Å². The number of nitrogens with zero attached hydrogens (tertiary/aromatic N) is 1. The van der Waals surface area contributed by atoms with E-state index in [-0.39, 0.29) is 9.68 Å². The Morgan fingerprint density at radius 1 is 1.36 bits per heavy atom. The summed E-state index contributed by atoms with van der Waals surface area (Å²) in [6.07, 6.45) is 1.51. The molecule has 2 fully saturated rings. The van der Waals surface area contributed by atoms with E-state index in [1.807, 2.05) is 0 Å². The quantitative estimate of drug-likeness (QED) is 0.531. The lowest BCUT2D eigenvalue weighted by molar-refractivity contribution is 0.115. The van der Waals surface area contributed by atoms with E-state index in [4.69, 9.17) is 0 Å². The Morgan fingerprint density at radius 2 is 2.09 bits per heavy atom. The molecular weight excluding hydrogens is 150 g/mol. The van der Waals surface area contributed by atoms with Gasteiger partial charge in [-0.05, 0) is 37.6 Å². The molecule has 0 aromatic heterocycles. The highest BCUT2D eigenvalue weighted by Crippen LogP contribution is 2.48. The first-order valence-electron chi connectivity index (χ1n) is 4.98. The zero-order valence-corrected chi connectivity index (χ0v) is 9.29. The predicted octanol–water partition coefficient (Wildman–Crippen LogP) is 1.09. The zero-order valence-electron chi connectivity index (χ0n) is 7.88. The van der Waals surface area contributed by atoms with E-state index in [1.165, 1.54) is 13.0 Å². The molecule has 4 atom stereocenters. The van der Waals surface area contributed by atoms with Gasteiger partial charge < -0.3 is 4.57 Å². The highest BCUT2D eigenvalue weighted by Gasteiger charge is 2.48. The minimum Gasteiger partial charge on any atom is -0.326 e. The molecule has 64 valence electrons. The predicted molar refractivity (Wildman–Crippen MR) is 51.3 cm³/mol. The van der Waals surface area contributed by atoms with Gasteiger partial charge in [-0.1, -0.05) is 13.5 Å². The second-order valence-corrected chi connectivity index (χ2v) is 5.82. The molecule has 11 heavy (non-hydrogen) atoms. The van der Waals surface area contributed by atoms with Crippen LogP contribution < -0.4 is 0 Å². The lowest BCUT2D eigenvalue weighted by Crippen LogP contribution is -2.38. The largest absolute Gasteiger partial charge is 0.326 e. The molecule has 0 spiro atoms. The average Bonchev–Trinajstić information content (AvgIpc) is 2.20. The fourth-order valence-electron chi connectivity index (χ4n) is 3.25. The highest BCUT2D eigenvalue weighted by atomic mass is 28.2. The number of rotatable bonds is 1. The van der Waals surface area contributed by atoms with Crippen molar-refractivity contribution in [3.05, 3.63) is 0 Å². The summed E-state index contributed by atoms with van der Waals surface area (Å²) in [5, 5.41) is 0. The van der Waals surface area contributed by atoms with Crippen LogP contribution in [0.25, 0.3) is 0 Å². The van der Waals surface area contributed by atoms with Crippen molar-refractivity contribution in [3.63, 3.8) is 0 Å². The summed E-state index contributed by atoms with van der Waals surface area (Å²) < 4.78 is 2.78. The highest BCUT2D eigenvalue weighted by molar-refractivity contribution is 6.30. The molecule has 1 aliphatic heterocycles. The number of hydrogen-bond donors (Lipinski definition) is 0. The average molecular weight is 169 g/mol. The SMILES string of the molecule is C[SiH2]N1CC2CC(C)C2C1C. The number of fused-ring (bicyclic) bond motifs is 1. The maximum absolute atomic E-state index is 2.78. The molecule has 4 unspecified atom stereocenters. The molecular formula is C9H19NSi. The van der Waals surface area contributed by atoms with E-state index in [9.17, 15) is 0 Å². The van der Waals surface area contributed by atoms with E-state index in [0.29, 0.717) is 0 Å². The molecule has 0 aromatic carbocycles. The van der Waals surface area contributed by atoms with Crippen molar-refractivity contribution in [1.82, 2.24) is 4.57 Å². The molecule has 0 radical (unpaired) electrons. The number of hydrogen-bond acceptors (Lipinski definition) is 1. The Balaban J connectivity index is 2.04. The third-order valence-electron chi connectivity index (χ3n) is 3.88. The molecule has 0 bridgehead atoms. The monoisotopic (exact) mass is 169 g/mol. The van der Waals surface area contributed by atoms with Gasteiger partial charge in [-0.25, -0.2) is 0 Å². The molecule has 2 rings (SSSR count). The maximum atomic E-state index is 2.78. The molecule has 0 N–H and O–H groups in total. The van der Waals surface area contributed by atoms with Crippen molar-refractivity contribution < 1.29 is 0 Å². The summed E-state index contributed by atoms with van der Waals surface area (Å²) in [5.41, 5.74) is 0. The summed E-state index contributed by atoms with van der Waals surface area (Å²) in [4.78, 5) is 0. The van der Waals surface area contributed by atoms with Crippen molar-refractivity contribution in [2.45, 2.75) is 32.9 Å². The molecule has 1 heterocycles. The topological polar surface area (TPSA) is 3.24 Å². The minimum absolute atomic E-state index is 0.130. The molecule has 1 nitrogen and oxygen atoms in total. The van der Waals surface area contributed by atoms with Crippen molar-refractivity contribution >= 4 is 9.68 Å². The van der Waals surface area contributed by atoms with Gasteiger partial charge in [0, 0.05) is 6.04 Å². The first-order chi connectivity index (χ1) is 5.24. The first kappa shape index (κ1) is 7.81. The van der Waals surface area contributed by atoms with Crippen LogP contribution in [0.3, 0.4) is 0 Å². The Morgan fingerprint density at radius 3 is 2.55 bits per heavy atom. The second kappa shape index (κ2) is 2.59. The molecule has 0 aromatic rings. The van der Waals surface area contributed by atoms with Gasteiger partial charge in [0.1, 0.15) is 0 Å². The standard InChI is InChI=1S/C9H19NSi/c1-6-4-8-5-10(11-3)7(2)9(6)8/h6-9H,4-5,11H2,1-3H3. The smallest absolute Gasteiger partial charge is 0.0923 e. The minimum atomic E-state index is 0.130. The van der Waals surface area contributed by atoms with Crippen molar-refractivity contribution in [1.29, 1.82) is 0 Å². The van der Waals surface area contributed by atoms with E-state index in [1.54, 1.807) is 0 Å². The molecule has 1 saturated carbocycles. The van der Waals surface area contributed by atoms with Crippen LogP contribution in [-0.4, -0.2) is 26.8 Å². The van der Waals surface area contributed by atoms with Gasteiger partial charge in [0.15, 0.2) is 0 Å². The summed E-state index contributed by atoms with van der Waals surface area (Å²) in [6.45, 7) is 8.74. The van der Waals surface area contributed by atoms with Crippen LogP contribution in [0.4, 0.5) is 0 Å². The second-order valence-electron chi connectivity index (χ2n) is 4.38. The van der Waals surface area contributed by atoms with Gasteiger partial charge in [-0.15, -0.1) is 0 Å². The van der Waals surface area contributed by atoms with Crippen molar-refractivity contribution in [3.8, 4) is 0 Å². The van der Waals surface area contributed by atoms with Crippen molar-refractivity contribution in [2.75, 3.05) is 6.54 Å². The third-order valence-corrected chi connectivity index (χ3v) is 5.53. The van der Waals surface area contributed by atoms with Crippen LogP contribution in [0.1, 0.15) is 20.3 Å². The Bertz CT molecular complexity index is 160. The van der Waals surface area contributed by atoms with Gasteiger partial charge in [0.2, 0.25) is 0 Å². The van der Waals surface area contributed by atoms with Crippen LogP contribution in [0.2, 0.25) is 6.55 Å². The molecule has 0 amide bonds. The van der Waals surface area contributed by atoms with Gasteiger partial charge in [-0.2, -0.15) is 0 Å². The molecule has 1 saturated heterocycles. The first-order valence-corrected chi connectivity index (χ1v) is 7.02. The van der Waals surface area contributed by atoms with E-state index < -0.39 is 0 Å². The maximum Gasteiger partial charge on any atom is 0.0923 e. The molecule has 2 aliphatic rings. The molecule has 2 heteroatoms. The van der Waals surface area contributed by atoms with Crippen molar-refractivity contribution in [2.24, 2.45) is 17.8 Å². The Kier molecular flexibility index (Phi) is 1.84. The van der Waals surface area contributed by atoms with Gasteiger partial charge in [0.25, 0.3) is 0 Å². The van der Waals surface area contributed by atoms with Gasteiger partial charge in [-0.3, -0.25) is 0 Å². The van der Waals surface area contributed by atoms with Crippen LogP contribution >= 0.6 is 0 Å². The zero-order chi connectivity index (χ0) is 8.01. The van der Waals surface area contributed by atoms with Gasteiger partial charge >= 0.3 is 0 Å². The van der Waals surface area contributed by atoms with Crippen LogP contribution in [0, 0.1) is 17.8 Å². The lowest BCUT2D eigenvalue weighted by atomic mass is 9.65. The lowest BCUT2D eigenvalue weighted by Gasteiger charge is -2.39. The van der Waals surface area contributed by atoms with Gasteiger partial charge in [0.05, 0.1) is 9.68 Å². The Hall–Kier alpha value is 0.177. The molecule has 1 aliphatic carbocycles. The normalized spacial score (nSPS) is 51.5. The van der Waals surface area contributed by atoms with E-state index in [2.05, 4.69) is 25.0 Å². The van der Waals surface area contributed by atoms with E-state index >= 15 is 0 Å². The van der Waals surface area contributed by atoms with Crippen LogP contribution in [0.5, 0.6) is 0 Å². The fourth-order valence-corrected chi connectivity index (χ4v) is 4.66. The summed E-state index contributed by atoms with van der Waals surface area (Å²) in [5.74, 6) is 3.19. The van der Waals surface area contributed by atoms with Crippen LogP contribution in [-0.2, 0) is 0 Å². The summed E-state index contributed by atoms with van der Waals surface area (Å²) in [7, 11) is 0.130. The third kappa shape index (κ3) is 0.993. The summed E-state index contributed by atoms with van der Waals surface area (Å²) in [6, 6.07) is 0.931.